The van der Waals surface area contributed by atoms with E-state index < -0.39 is 6.04 Å². The lowest BCUT2D eigenvalue weighted by Gasteiger charge is -2.32. The Bertz CT molecular complexity index is 1080. The second-order valence-electron chi connectivity index (χ2n) is 8.20. The normalized spacial score (nSPS) is 11.6. The molecule has 0 aliphatic carbocycles. The Labute approximate surface area is 222 Å². The van der Waals surface area contributed by atoms with Crippen LogP contribution in [0, 0.1) is 0 Å². The molecule has 184 valence electrons. The van der Waals surface area contributed by atoms with Gasteiger partial charge in [-0.25, -0.2) is 0 Å². The minimum Gasteiger partial charge on any atom is -0.354 e. The van der Waals surface area contributed by atoms with Gasteiger partial charge in [-0.1, -0.05) is 96.9 Å². The molecule has 1 N–H and O–H groups in total. The number of carbonyl (C=O) groups excluding carboxylic acids is 2. The molecule has 35 heavy (non-hydrogen) atoms. The molecule has 0 radical (unpaired) electrons. The minimum absolute atomic E-state index is 0.130. The third-order valence-corrected chi connectivity index (χ3v) is 7.24. The van der Waals surface area contributed by atoms with Gasteiger partial charge in [0.2, 0.25) is 11.8 Å². The first-order chi connectivity index (χ1) is 17.0. The van der Waals surface area contributed by atoms with Gasteiger partial charge < -0.3 is 10.2 Å². The summed E-state index contributed by atoms with van der Waals surface area (Å²) in [5, 5.41) is 3.92. The number of amides is 2. The SMILES string of the molecule is CCCNC(=O)C(Cc1ccccc1)N(Cc1c(Cl)cccc1Cl)C(=O)CSCc1ccccc1. The summed E-state index contributed by atoms with van der Waals surface area (Å²) >= 11 is 14.5. The summed E-state index contributed by atoms with van der Waals surface area (Å²) in [6, 6.07) is 24.3. The van der Waals surface area contributed by atoms with Crippen molar-refractivity contribution in [2.45, 2.75) is 38.1 Å². The van der Waals surface area contributed by atoms with Crippen molar-refractivity contribution in [3.63, 3.8) is 0 Å². The lowest BCUT2D eigenvalue weighted by molar-refractivity contribution is -0.139. The molecule has 0 aromatic heterocycles. The summed E-state index contributed by atoms with van der Waals surface area (Å²) in [6.07, 6.45) is 1.20. The highest BCUT2D eigenvalue weighted by Gasteiger charge is 2.31. The van der Waals surface area contributed by atoms with Gasteiger partial charge >= 0.3 is 0 Å². The fourth-order valence-electron chi connectivity index (χ4n) is 3.69. The number of halogens is 2. The van der Waals surface area contributed by atoms with Crippen LogP contribution in [0.25, 0.3) is 0 Å². The maximum Gasteiger partial charge on any atom is 0.243 e. The smallest absolute Gasteiger partial charge is 0.243 e. The van der Waals surface area contributed by atoms with E-state index in [2.05, 4.69) is 5.32 Å². The first-order valence-electron chi connectivity index (χ1n) is 11.6. The van der Waals surface area contributed by atoms with Crippen LogP contribution in [0.15, 0.2) is 78.9 Å². The second-order valence-corrected chi connectivity index (χ2v) is 10.00. The van der Waals surface area contributed by atoms with Gasteiger partial charge in [0.05, 0.1) is 5.75 Å². The summed E-state index contributed by atoms with van der Waals surface area (Å²) in [5.74, 6) is 0.636. The van der Waals surface area contributed by atoms with E-state index in [9.17, 15) is 9.59 Å². The fourth-order valence-corrected chi connectivity index (χ4v) is 5.07. The van der Waals surface area contributed by atoms with Crippen molar-refractivity contribution in [2.24, 2.45) is 0 Å². The molecular weight excluding hydrogens is 499 g/mol. The quantitative estimate of drug-likeness (QED) is 0.296. The molecule has 4 nitrogen and oxygen atoms in total. The molecule has 0 fully saturated rings. The van der Waals surface area contributed by atoms with Gasteiger partial charge in [0.25, 0.3) is 0 Å². The van der Waals surface area contributed by atoms with Crippen LogP contribution in [0.3, 0.4) is 0 Å². The lowest BCUT2D eigenvalue weighted by atomic mass is 10.0. The highest BCUT2D eigenvalue weighted by atomic mass is 35.5. The van der Waals surface area contributed by atoms with Gasteiger partial charge in [-0.05, 0) is 29.7 Å². The van der Waals surface area contributed by atoms with Crippen LogP contribution in [0.1, 0.15) is 30.0 Å². The summed E-state index contributed by atoms with van der Waals surface area (Å²) in [5.41, 5.74) is 2.76. The van der Waals surface area contributed by atoms with E-state index in [0.29, 0.717) is 34.3 Å². The molecule has 2 amide bonds. The number of thioether (sulfide) groups is 1. The Morgan fingerprint density at radius 3 is 2.09 bits per heavy atom. The van der Waals surface area contributed by atoms with Crippen LogP contribution in [0.4, 0.5) is 0 Å². The average molecular weight is 530 g/mol. The molecule has 0 spiro atoms. The van der Waals surface area contributed by atoms with Crippen molar-refractivity contribution >= 4 is 46.8 Å². The molecule has 0 bridgehead atoms. The van der Waals surface area contributed by atoms with E-state index in [1.54, 1.807) is 23.1 Å². The number of benzene rings is 3. The molecule has 0 aliphatic rings. The van der Waals surface area contributed by atoms with Crippen LogP contribution in [-0.4, -0.2) is 35.1 Å². The van der Waals surface area contributed by atoms with E-state index >= 15 is 0 Å². The van der Waals surface area contributed by atoms with Gasteiger partial charge in [-0.2, -0.15) is 0 Å². The van der Waals surface area contributed by atoms with Gasteiger partial charge in [-0.15, -0.1) is 11.8 Å². The highest BCUT2D eigenvalue weighted by molar-refractivity contribution is 7.99. The molecule has 7 heteroatoms. The number of nitrogens with zero attached hydrogens (tertiary/aromatic N) is 1. The summed E-state index contributed by atoms with van der Waals surface area (Å²) in [4.78, 5) is 28.6. The topological polar surface area (TPSA) is 49.4 Å². The van der Waals surface area contributed by atoms with Crippen LogP contribution < -0.4 is 5.32 Å². The zero-order chi connectivity index (χ0) is 25.0. The Balaban J connectivity index is 1.88. The largest absolute Gasteiger partial charge is 0.354 e. The Hall–Kier alpha value is -2.47. The fraction of sp³-hybridized carbons (Fsp3) is 0.286. The molecule has 3 aromatic rings. The second kappa shape index (κ2) is 14.2. The number of hydrogen-bond acceptors (Lipinski definition) is 3. The van der Waals surface area contributed by atoms with Crippen LogP contribution in [0.2, 0.25) is 10.0 Å². The van der Waals surface area contributed by atoms with Crippen molar-refractivity contribution in [1.82, 2.24) is 10.2 Å². The van der Waals surface area contributed by atoms with Crippen molar-refractivity contribution in [3.05, 3.63) is 106 Å². The van der Waals surface area contributed by atoms with Gasteiger partial charge in [0.1, 0.15) is 6.04 Å². The zero-order valence-electron chi connectivity index (χ0n) is 19.8. The van der Waals surface area contributed by atoms with E-state index in [1.807, 2.05) is 67.6 Å². The predicted octanol–water partition coefficient (Wildman–Crippen LogP) is 6.39. The molecule has 0 aliphatic heterocycles. The molecule has 1 unspecified atom stereocenters. The van der Waals surface area contributed by atoms with Crippen LogP contribution in [0.5, 0.6) is 0 Å². The summed E-state index contributed by atoms with van der Waals surface area (Å²) in [6.45, 7) is 2.70. The van der Waals surface area contributed by atoms with Crippen molar-refractivity contribution in [3.8, 4) is 0 Å². The highest BCUT2D eigenvalue weighted by Crippen LogP contribution is 2.28. The van der Waals surface area contributed by atoms with E-state index in [0.717, 1.165) is 17.5 Å². The minimum atomic E-state index is -0.693. The molecule has 3 aromatic carbocycles. The Morgan fingerprint density at radius 2 is 1.49 bits per heavy atom. The average Bonchev–Trinajstić information content (AvgIpc) is 2.87. The van der Waals surface area contributed by atoms with Crippen molar-refractivity contribution in [2.75, 3.05) is 12.3 Å². The predicted molar refractivity (Wildman–Crippen MR) is 147 cm³/mol. The van der Waals surface area contributed by atoms with Crippen molar-refractivity contribution in [1.29, 1.82) is 0 Å². The Morgan fingerprint density at radius 1 is 0.886 bits per heavy atom. The van der Waals surface area contributed by atoms with Crippen LogP contribution >= 0.6 is 35.0 Å². The van der Waals surface area contributed by atoms with E-state index in [1.165, 1.54) is 11.8 Å². The van der Waals surface area contributed by atoms with Gasteiger partial charge in [0, 0.05) is 40.9 Å². The molecule has 0 saturated heterocycles. The number of hydrogen-bond donors (Lipinski definition) is 1. The molecule has 3 rings (SSSR count). The maximum atomic E-state index is 13.6. The van der Waals surface area contributed by atoms with Gasteiger partial charge in [-0.3, -0.25) is 9.59 Å². The Kier molecular flexibility index (Phi) is 11.0. The summed E-state index contributed by atoms with van der Waals surface area (Å²) < 4.78 is 0. The zero-order valence-corrected chi connectivity index (χ0v) is 22.1. The van der Waals surface area contributed by atoms with E-state index in [-0.39, 0.29) is 24.1 Å². The number of rotatable bonds is 12. The lowest BCUT2D eigenvalue weighted by Crippen LogP contribution is -2.51. The number of carbonyl (C=O) groups is 2. The van der Waals surface area contributed by atoms with Crippen molar-refractivity contribution < 1.29 is 9.59 Å². The summed E-state index contributed by atoms with van der Waals surface area (Å²) in [7, 11) is 0. The molecular formula is C28H30Cl2N2O2S. The maximum absolute atomic E-state index is 13.6. The monoisotopic (exact) mass is 528 g/mol. The molecule has 1 atom stereocenters. The van der Waals surface area contributed by atoms with Crippen LogP contribution in [-0.2, 0) is 28.3 Å². The van der Waals surface area contributed by atoms with Gasteiger partial charge in [0.15, 0.2) is 0 Å². The first-order valence-corrected chi connectivity index (χ1v) is 13.6. The number of nitrogens with one attached hydrogen (secondary N) is 1. The first kappa shape index (κ1) is 27.1. The third-order valence-electron chi connectivity index (χ3n) is 5.55. The third kappa shape index (κ3) is 8.31. The molecule has 0 saturated carbocycles. The molecule has 0 heterocycles. The van der Waals surface area contributed by atoms with E-state index in [4.69, 9.17) is 23.2 Å². The standard InChI is InChI=1S/C28H30Cl2N2O2S/c1-2-16-31-28(34)26(17-21-10-5-3-6-11-21)32(18-23-24(29)14-9-15-25(23)30)27(33)20-35-19-22-12-7-4-8-13-22/h3-15,26H,2,16-20H2,1H3,(H,31,34).